The zero-order chi connectivity index (χ0) is 56.1. The van der Waals surface area contributed by atoms with Crippen LogP contribution in [0.2, 0.25) is 0 Å². The molecule has 6 N–H and O–H groups in total. The average Bonchev–Trinajstić information content (AvgIpc) is 4.32. The molecular weight excluding hydrogens is 1030 g/mol. The van der Waals surface area contributed by atoms with Crippen molar-refractivity contribution in [3.63, 3.8) is 0 Å². The van der Waals surface area contributed by atoms with Crippen LogP contribution in [0.3, 0.4) is 0 Å². The normalized spacial score (nSPS) is 16.1. The highest BCUT2D eigenvalue weighted by Gasteiger charge is 2.35. The summed E-state index contributed by atoms with van der Waals surface area (Å²) in [5, 5.41) is 17.9. The van der Waals surface area contributed by atoms with E-state index in [0.717, 1.165) is 66.2 Å². The number of hydrazine groups is 4. The van der Waals surface area contributed by atoms with Crippen molar-refractivity contribution in [2.75, 3.05) is 76.3 Å². The number of benzene rings is 2. The molecule has 2 fully saturated rings. The molecule has 4 aliphatic heterocycles. The molecule has 10 rings (SSSR count). The van der Waals surface area contributed by atoms with Gasteiger partial charge in [-0.3, -0.25) is 38.9 Å². The molecule has 416 valence electrons. The number of aryl methyl sites for hydroxylation is 4. The molecule has 79 heavy (non-hydrogen) atoms. The van der Waals surface area contributed by atoms with Gasteiger partial charge in [-0.2, -0.15) is 36.5 Å². The molecule has 0 unspecified atom stereocenters. The number of aromatic nitrogens is 6. The number of rotatable bonds is 14. The Bertz CT molecular complexity index is 3390. The van der Waals surface area contributed by atoms with Crippen LogP contribution in [0.15, 0.2) is 73.6 Å². The van der Waals surface area contributed by atoms with Crippen molar-refractivity contribution in [1.82, 2.24) is 56.4 Å². The summed E-state index contributed by atoms with van der Waals surface area (Å²) in [5.74, 6) is -1.27. The Hall–Kier alpha value is -8.16. The van der Waals surface area contributed by atoms with Crippen molar-refractivity contribution < 1.29 is 35.9 Å². The van der Waals surface area contributed by atoms with Crippen LogP contribution >= 0.6 is 0 Å². The van der Waals surface area contributed by atoms with Gasteiger partial charge in [-0.05, 0) is 102 Å². The van der Waals surface area contributed by atoms with Gasteiger partial charge < -0.3 is 36.2 Å². The molecule has 4 aromatic heterocycles. The first kappa shape index (κ1) is 54.2. The molecule has 0 saturated carbocycles. The van der Waals surface area contributed by atoms with Crippen LogP contribution in [-0.2, 0) is 32.4 Å². The van der Waals surface area contributed by atoms with Crippen LogP contribution in [-0.4, -0.2) is 92.1 Å². The lowest BCUT2D eigenvalue weighted by Gasteiger charge is -2.37. The molecule has 0 bridgehead atoms. The van der Waals surface area contributed by atoms with Crippen molar-refractivity contribution in [3.05, 3.63) is 141 Å². The summed E-state index contributed by atoms with van der Waals surface area (Å²) in [7, 11) is 1.83. The molecule has 19 nitrogen and oxygen atoms in total. The predicted molar refractivity (Wildman–Crippen MR) is 289 cm³/mol. The molecule has 4 aliphatic rings. The Morgan fingerprint density at radius 3 is 1.65 bits per heavy atom. The number of likely N-dealkylation sites (N-methyl/N-ethyl adjacent to an activating group) is 1. The summed E-state index contributed by atoms with van der Waals surface area (Å²) in [6.45, 7) is 16.0. The number of hydrogen-bond donors (Lipinski definition) is 6. The lowest BCUT2D eigenvalue weighted by molar-refractivity contribution is -0.138. The molecule has 25 heteroatoms. The summed E-state index contributed by atoms with van der Waals surface area (Å²) < 4.78 is 89.0. The molecule has 2 aromatic carbocycles. The van der Waals surface area contributed by atoms with E-state index >= 15 is 0 Å². The summed E-state index contributed by atoms with van der Waals surface area (Å²) in [4.78, 5) is 43.3. The molecule has 2 amide bonds. The maximum atomic E-state index is 14.4. The first-order chi connectivity index (χ1) is 37.6. The van der Waals surface area contributed by atoms with E-state index in [0.29, 0.717) is 109 Å². The number of piperazine rings is 1. The maximum Gasteiger partial charge on any atom is 0.416 e. The van der Waals surface area contributed by atoms with Gasteiger partial charge in [0.25, 0.3) is 11.8 Å². The Kier molecular flexibility index (Phi) is 14.8. The molecule has 0 radical (unpaired) electrons. The van der Waals surface area contributed by atoms with Crippen LogP contribution in [0.25, 0.3) is 11.4 Å². The number of alkyl halides is 6. The first-order valence-corrected chi connectivity index (χ1v) is 26.0. The lowest BCUT2D eigenvalue weighted by Crippen LogP contribution is -2.46. The zero-order valence-corrected chi connectivity index (χ0v) is 44.7. The van der Waals surface area contributed by atoms with Gasteiger partial charge in [0.2, 0.25) is 0 Å². The van der Waals surface area contributed by atoms with E-state index in [1.165, 1.54) is 12.4 Å². The minimum Gasteiger partial charge on any atom is -0.371 e. The third kappa shape index (κ3) is 11.1. The Labute approximate surface area is 452 Å². The van der Waals surface area contributed by atoms with E-state index in [2.05, 4.69) is 47.5 Å². The lowest BCUT2D eigenvalue weighted by atomic mass is 10.0. The minimum atomic E-state index is -4.66. The third-order valence-electron chi connectivity index (χ3n) is 15.2. The molecular formula is C54H61F6N17O2. The zero-order valence-electron chi connectivity index (χ0n) is 44.7. The highest BCUT2D eigenvalue weighted by molar-refractivity contribution is 6.06. The molecule has 0 aliphatic carbocycles. The predicted octanol–water partition coefficient (Wildman–Crippen LogP) is 8.13. The fourth-order valence-electron chi connectivity index (χ4n) is 10.3. The summed E-state index contributed by atoms with van der Waals surface area (Å²) in [6, 6.07) is 7.48. The third-order valence-corrected chi connectivity index (χ3v) is 15.2. The standard InChI is InChI=1S/C54H61F6N17O2/c1-8-72-15-17-74(18-16-72)48-24-39(54(58,59)60)22-44(32(48)3)66-52(79)37-20-50(77-30-45(67-70-77)40-27-63-71(7)34(40)5)42(62-26-37)11-14-75-35(6)41(28-64-75)46-29-76(69-68-46)49-19-36(25-61-33(49)4)51(78)65-43-21-38(53(55,56)57)23-47(31(43)2)73-12-9-10-13-73/h19-30,67-70H,8-18H2,1-7H3,(H,65,78)(H,66,79). The topological polar surface area (TPSA) is 184 Å². The van der Waals surface area contributed by atoms with Crippen molar-refractivity contribution in [2.45, 2.75) is 79.7 Å². The smallest absolute Gasteiger partial charge is 0.371 e. The summed E-state index contributed by atoms with van der Waals surface area (Å²) >= 11 is 0. The van der Waals surface area contributed by atoms with Gasteiger partial charge in [0, 0.05) is 129 Å². The fraction of sp³-hybridized carbons (Fsp3) is 0.370. The summed E-state index contributed by atoms with van der Waals surface area (Å²) in [5.41, 5.74) is 19.8. The number of pyridine rings is 2. The SMILES string of the molecule is CCN1CCN(c2cc(C(F)(F)F)cc(NC(=O)c3cnc(CCn4ncc(C5=CN(c6cc(C(=O)Nc7cc(C(F)(F)F)cc(N8CCCC8)c7C)cnc6C)NN5)c4C)c(N4C=C(c5cnn(C)c5C)NN4)c3)c2C)CC1. The second kappa shape index (κ2) is 21.6. The maximum absolute atomic E-state index is 14.4. The van der Waals surface area contributed by atoms with Gasteiger partial charge in [-0.25, -0.2) is 0 Å². The largest absolute Gasteiger partial charge is 0.416 e. The van der Waals surface area contributed by atoms with Gasteiger partial charge in [0.05, 0.1) is 68.8 Å². The number of carbonyl (C=O) groups is 2. The van der Waals surface area contributed by atoms with E-state index in [1.807, 2.05) is 43.8 Å². The number of carbonyl (C=O) groups excluding carboxylic acids is 2. The molecule has 8 heterocycles. The Balaban J connectivity index is 0.882. The van der Waals surface area contributed by atoms with E-state index in [-0.39, 0.29) is 22.5 Å². The number of anilines is 6. The van der Waals surface area contributed by atoms with E-state index in [9.17, 15) is 35.9 Å². The summed E-state index contributed by atoms with van der Waals surface area (Å²) in [6.07, 6.45) is 2.59. The van der Waals surface area contributed by atoms with E-state index in [4.69, 9.17) is 10.1 Å². The highest BCUT2D eigenvalue weighted by atomic mass is 19.4. The van der Waals surface area contributed by atoms with Crippen LogP contribution in [0.1, 0.15) is 96.6 Å². The Morgan fingerprint density at radius 1 is 0.608 bits per heavy atom. The highest BCUT2D eigenvalue weighted by Crippen LogP contribution is 2.40. The monoisotopic (exact) mass is 1090 g/mol. The number of halogens is 6. The minimum absolute atomic E-state index is 0.0464. The van der Waals surface area contributed by atoms with Crippen LogP contribution in [0.5, 0.6) is 0 Å². The van der Waals surface area contributed by atoms with Gasteiger partial charge in [0.15, 0.2) is 0 Å². The molecule has 6 aromatic rings. The van der Waals surface area contributed by atoms with Gasteiger partial charge in [0.1, 0.15) is 0 Å². The molecule has 0 spiro atoms. The van der Waals surface area contributed by atoms with Crippen molar-refractivity contribution in [3.8, 4) is 0 Å². The van der Waals surface area contributed by atoms with E-state index < -0.39 is 35.3 Å². The second-order valence-corrected chi connectivity index (χ2v) is 20.1. The number of hydrogen-bond acceptors (Lipinski definition) is 15. The average molecular weight is 1090 g/mol. The number of nitrogens with one attached hydrogen (secondary N) is 6. The van der Waals surface area contributed by atoms with Crippen LogP contribution < -0.4 is 52.4 Å². The first-order valence-electron chi connectivity index (χ1n) is 26.0. The second-order valence-electron chi connectivity index (χ2n) is 20.1. The van der Waals surface area contributed by atoms with Crippen LogP contribution in [0.4, 0.5) is 60.5 Å². The van der Waals surface area contributed by atoms with Gasteiger partial charge >= 0.3 is 12.4 Å². The van der Waals surface area contributed by atoms with Gasteiger partial charge in [-0.1, -0.05) is 6.92 Å². The van der Waals surface area contributed by atoms with E-state index in [1.54, 1.807) is 70.9 Å². The van der Waals surface area contributed by atoms with Crippen LogP contribution in [0, 0.1) is 34.6 Å². The number of amides is 2. The molecule has 0 atom stereocenters. The number of nitrogens with zero attached hydrogens (tertiary/aromatic N) is 11. The van der Waals surface area contributed by atoms with Crippen molar-refractivity contribution in [1.29, 1.82) is 0 Å². The quantitative estimate of drug-likeness (QED) is 0.0575. The van der Waals surface area contributed by atoms with Gasteiger partial charge in [-0.15, -0.1) is 11.1 Å². The van der Waals surface area contributed by atoms with Crippen molar-refractivity contribution in [2.24, 2.45) is 7.05 Å². The molecule has 2 saturated heterocycles. The fourth-order valence-corrected chi connectivity index (χ4v) is 10.3. The van der Waals surface area contributed by atoms with Crippen molar-refractivity contribution >= 4 is 57.3 Å². The Morgan fingerprint density at radius 2 is 1.11 bits per heavy atom.